The van der Waals surface area contributed by atoms with Crippen molar-refractivity contribution in [3.63, 3.8) is 0 Å². The van der Waals surface area contributed by atoms with Gasteiger partial charge in [0.05, 0.1) is 38.0 Å². The second-order valence-corrected chi connectivity index (χ2v) is 15.2. The zero-order valence-corrected chi connectivity index (χ0v) is 31.9. The predicted octanol–water partition coefficient (Wildman–Crippen LogP) is 2.87. The van der Waals surface area contributed by atoms with Gasteiger partial charge in [-0.1, -0.05) is 69.3 Å². The maximum Gasteiger partial charge on any atom is 0.407 e. The molecule has 13 heteroatoms. The Balaban J connectivity index is 1.72. The fourth-order valence-corrected chi connectivity index (χ4v) is 6.02. The lowest BCUT2D eigenvalue weighted by Crippen LogP contribution is -2.62. The van der Waals surface area contributed by atoms with E-state index < -0.39 is 59.4 Å². The minimum Gasteiger partial charge on any atom is -0.530 e. The van der Waals surface area contributed by atoms with E-state index >= 15 is 0 Å². The largest absolute Gasteiger partial charge is 0.530 e. The number of carbonyl (C=O) groups excluding carboxylic acids is 3. The Morgan fingerprint density at radius 2 is 1.45 bits per heavy atom. The normalized spacial score (nSPS) is 14.6. The summed E-state index contributed by atoms with van der Waals surface area (Å²) in [6.07, 6.45) is -1.67. The van der Waals surface area contributed by atoms with Crippen molar-refractivity contribution in [2.45, 2.75) is 96.7 Å². The number of carbonyl (C=O) groups is 3. The van der Waals surface area contributed by atoms with Crippen molar-refractivity contribution < 1.29 is 39.2 Å². The number of nitrogens with one attached hydrogen (secondary N) is 3. The summed E-state index contributed by atoms with van der Waals surface area (Å²) in [6.45, 7) is 10.9. The summed E-state index contributed by atoms with van der Waals surface area (Å²) in [6, 6.07) is 19.7. The number of nitrogens with zero attached hydrogens (tertiary/aromatic N) is 2. The van der Waals surface area contributed by atoms with Crippen LogP contribution in [0.4, 0.5) is 9.59 Å². The van der Waals surface area contributed by atoms with Crippen LogP contribution in [-0.2, 0) is 28.8 Å². The molecule has 0 bridgehead atoms. The molecule has 1 aromatic heterocycles. The van der Waals surface area contributed by atoms with E-state index in [1.165, 1.54) is 7.11 Å². The Bertz CT molecular complexity index is 1560. The lowest BCUT2D eigenvalue weighted by molar-refractivity contribution is -0.275. The number of hydrogen-bond donors (Lipinski definition) is 5. The van der Waals surface area contributed by atoms with E-state index in [0.717, 1.165) is 21.7 Å². The average Bonchev–Trinajstić information content (AvgIpc) is 3.10. The minimum atomic E-state index is -1.42. The molecule has 13 nitrogen and oxygen atoms in total. The van der Waals surface area contributed by atoms with Gasteiger partial charge < -0.3 is 50.4 Å². The number of aliphatic hydroxyl groups excluding tert-OH is 2. The van der Waals surface area contributed by atoms with Crippen LogP contribution in [-0.4, -0.2) is 101 Å². The number of methoxy groups -OCH3 is 1. The van der Waals surface area contributed by atoms with Gasteiger partial charge in [-0.25, -0.2) is 4.79 Å². The Morgan fingerprint density at radius 1 is 0.830 bits per heavy atom. The van der Waals surface area contributed by atoms with Crippen molar-refractivity contribution >= 4 is 18.1 Å². The highest BCUT2D eigenvalue weighted by molar-refractivity contribution is 5.86. The molecule has 0 saturated heterocycles. The van der Waals surface area contributed by atoms with Crippen molar-refractivity contribution in [1.29, 1.82) is 0 Å². The Morgan fingerprint density at radius 3 is 2.02 bits per heavy atom. The number of aromatic nitrogens is 1. The van der Waals surface area contributed by atoms with Crippen LogP contribution in [0.25, 0.3) is 0 Å². The maximum atomic E-state index is 13.5. The molecular formula is C40H56N5O8-. The summed E-state index contributed by atoms with van der Waals surface area (Å²) >= 11 is 0. The summed E-state index contributed by atoms with van der Waals surface area (Å²) in [5.74, 6) is 0.152. The predicted molar refractivity (Wildman–Crippen MR) is 200 cm³/mol. The topological polar surface area (TPSA) is 185 Å². The lowest BCUT2D eigenvalue weighted by atomic mass is 9.85. The molecule has 0 spiro atoms. The second-order valence-electron chi connectivity index (χ2n) is 15.2. The third kappa shape index (κ3) is 14.0. The van der Waals surface area contributed by atoms with Crippen LogP contribution in [0.1, 0.15) is 58.4 Å². The second kappa shape index (κ2) is 19.9. The maximum absolute atomic E-state index is 13.5. The van der Waals surface area contributed by atoms with Crippen molar-refractivity contribution in [1.82, 2.24) is 25.8 Å². The zero-order valence-electron chi connectivity index (χ0n) is 31.9. The molecule has 3 aromatic rings. The molecule has 5 atom stereocenters. The van der Waals surface area contributed by atoms with E-state index in [4.69, 9.17) is 9.47 Å². The third-order valence-electron chi connectivity index (χ3n) is 8.79. The van der Waals surface area contributed by atoms with Crippen LogP contribution in [0.15, 0.2) is 79.0 Å². The number of hydrogen-bond acceptors (Lipinski definition) is 10. The molecule has 3 rings (SSSR count). The highest BCUT2D eigenvalue weighted by Crippen LogP contribution is 2.24. The number of rotatable bonds is 18. The van der Waals surface area contributed by atoms with Gasteiger partial charge in [0.1, 0.15) is 17.9 Å². The molecule has 0 aliphatic carbocycles. The molecule has 1 heterocycles. The van der Waals surface area contributed by atoms with Crippen molar-refractivity contribution in [3.05, 3.63) is 95.8 Å². The van der Waals surface area contributed by atoms with Gasteiger partial charge in [0.15, 0.2) is 0 Å². The van der Waals surface area contributed by atoms with Gasteiger partial charge in [0, 0.05) is 36.9 Å². The zero-order chi connectivity index (χ0) is 39.2. The third-order valence-corrected chi connectivity index (χ3v) is 8.79. The number of carboxylic acid groups (broad SMARTS) is 1. The summed E-state index contributed by atoms with van der Waals surface area (Å²) in [5.41, 5.74) is 0.991. The van der Waals surface area contributed by atoms with Gasteiger partial charge in [-0.3, -0.25) is 9.78 Å². The lowest BCUT2D eigenvalue weighted by Gasteiger charge is -2.45. The highest BCUT2D eigenvalue weighted by Gasteiger charge is 2.36. The van der Waals surface area contributed by atoms with E-state index in [2.05, 4.69) is 20.9 Å². The minimum absolute atomic E-state index is 0.0441. The molecule has 0 fully saturated rings. The molecule has 290 valence electrons. The number of ether oxygens (including phenoxy) is 2. The average molecular weight is 735 g/mol. The molecule has 3 amide bonds. The number of pyridine rings is 1. The van der Waals surface area contributed by atoms with Crippen molar-refractivity contribution in [3.8, 4) is 5.75 Å². The summed E-state index contributed by atoms with van der Waals surface area (Å²) in [4.78, 5) is 43.5. The van der Waals surface area contributed by atoms with Gasteiger partial charge >= 0.3 is 6.09 Å². The monoisotopic (exact) mass is 734 g/mol. The fraction of sp³-hybridized carbons (Fsp3) is 0.500. The molecule has 53 heavy (non-hydrogen) atoms. The molecule has 0 saturated carbocycles. The standard InChI is InChI=1S/C40H57N5O8/c1-39(2,3)35(44-37(49)52-7)36(48)43-31(23-27-13-9-8-10-14-27)33(46)25-41-26-34(47)32(45(38(50)51)40(4,5)6)24-28-16-18-30(19-17-28)53-22-20-29-15-11-12-21-42-29/h8-19,21,31-35,41,46-47H,20,22-26H2,1-7H3,(H,43,48)(H,44,49)(H,50,51)/p-1/t31-,32-,33+,34+,35+/m0/s1. The Kier molecular flexibility index (Phi) is 16.1. The molecular weight excluding hydrogens is 678 g/mol. The summed E-state index contributed by atoms with van der Waals surface area (Å²) in [7, 11) is 1.21. The SMILES string of the molecule is COC(=O)N[C@H](C(=O)N[C@@H](Cc1ccccc1)[C@H](O)CNC[C@@H](O)[C@H](Cc1ccc(OCCc2ccccn2)cc1)N(C(=O)[O-])C(C)(C)C)C(C)(C)C. The molecule has 0 aliphatic heterocycles. The van der Waals surface area contributed by atoms with Crippen LogP contribution in [0.2, 0.25) is 0 Å². The van der Waals surface area contributed by atoms with Gasteiger partial charge in [-0.2, -0.15) is 0 Å². The first-order valence-electron chi connectivity index (χ1n) is 17.9. The number of alkyl carbamates (subject to hydrolysis) is 1. The molecule has 0 radical (unpaired) electrons. The van der Waals surface area contributed by atoms with Crippen LogP contribution < -0.4 is 25.8 Å². The van der Waals surface area contributed by atoms with E-state index in [0.29, 0.717) is 18.8 Å². The first-order chi connectivity index (χ1) is 25.0. The number of aliphatic hydroxyl groups is 2. The quantitative estimate of drug-likeness (QED) is 0.130. The van der Waals surface area contributed by atoms with Gasteiger partial charge in [0.2, 0.25) is 5.91 Å². The summed E-state index contributed by atoms with van der Waals surface area (Å²) < 4.78 is 10.6. The first kappa shape index (κ1) is 42.7. The molecule has 5 N–H and O–H groups in total. The van der Waals surface area contributed by atoms with Crippen molar-refractivity contribution in [2.75, 3.05) is 26.8 Å². The van der Waals surface area contributed by atoms with Crippen molar-refractivity contribution in [2.24, 2.45) is 5.41 Å². The van der Waals surface area contributed by atoms with E-state index in [1.54, 1.807) is 59.9 Å². The van der Waals surface area contributed by atoms with Gasteiger partial charge in [-0.05, 0) is 74.4 Å². The Hall–Kier alpha value is -4.72. The molecule has 0 aliphatic rings. The molecule has 0 unspecified atom stereocenters. The van der Waals surface area contributed by atoms with E-state index in [9.17, 15) is 29.7 Å². The van der Waals surface area contributed by atoms with Gasteiger partial charge in [0.25, 0.3) is 0 Å². The van der Waals surface area contributed by atoms with Gasteiger partial charge in [-0.15, -0.1) is 0 Å². The number of benzene rings is 2. The van der Waals surface area contributed by atoms with E-state index in [-0.39, 0.29) is 25.9 Å². The first-order valence-corrected chi connectivity index (χ1v) is 17.9. The Labute approximate surface area is 313 Å². The smallest absolute Gasteiger partial charge is 0.407 e. The summed E-state index contributed by atoms with van der Waals surface area (Å²) in [5, 5.41) is 43.9. The molecule has 2 aromatic carbocycles. The highest BCUT2D eigenvalue weighted by atomic mass is 16.5. The van der Waals surface area contributed by atoms with Crippen LogP contribution in [0.3, 0.4) is 0 Å². The van der Waals surface area contributed by atoms with Crippen LogP contribution in [0, 0.1) is 5.41 Å². The van der Waals surface area contributed by atoms with Crippen LogP contribution in [0.5, 0.6) is 5.75 Å². The van der Waals surface area contributed by atoms with E-state index in [1.807, 2.05) is 60.7 Å². The number of amides is 3. The van der Waals surface area contributed by atoms with Crippen LogP contribution >= 0.6 is 0 Å². The fourth-order valence-electron chi connectivity index (χ4n) is 6.02.